The lowest BCUT2D eigenvalue weighted by Crippen LogP contribution is -2.49. The first-order chi connectivity index (χ1) is 15.5. The molecule has 0 spiro atoms. The average molecular weight is 450 g/mol. The van der Waals surface area contributed by atoms with Gasteiger partial charge in [-0.2, -0.15) is 0 Å². The Balaban J connectivity index is 1.36. The molecule has 2 bridgehead atoms. The van der Waals surface area contributed by atoms with Crippen LogP contribution in [0.4, 0.5) is 5.69 Å². The molecule has 4 heterocycles. The molecule has 2 amide bonds. The molecule has 1 aromatic carbocycles. The minimum absolute atomic E-state index is 0.00187. The number of piperidine rings is 1. The van der Waals surface area contributed by atoms with Gasteiger partial charge in [-0.05, 0) is 60.2 Å². The normalized spacial score (nSPS) is 19.2. The van der Waals surface area contributed by atoms with Gasteiger partial charge in [-0.3, -0.25) is 14.4 Å². The molecule has 2 aliphatic rings. The highest BCUT2D eigenvalue weighted by molar-refractivity contribution is 7.12. The summed E-state index contributed by atoms with van der Waals surface area (Å²) in [5.74, 6) is 0.735. The van der Waals surface area contributed by atoms with Crippen molar-refractivity contribution in [2.24, 2.45) is 5.92 Å². The van der Waals surface area contributed by atoms with Gasteiger partial charge in [-0.15, -0.1) is 11.3 Å². The predicted molar refractivity (Wildman–Crippen MR) is 123 cm³/mol. The molecule has 0 unspecified atom stereocenters. The quantitative estimate of drug-likeness (QED) is 0.662. The summed E-state index contributed by atoms with van der Waals surface area (Å²) >= 11 is 1.34. The molecule has 2 aromatic heterocycles. The number of carbonyl (C=O) groups is 2. The Bertz CT molecular complexity index is 1220. The van der Waals surface area contributed by atoms with E-state index in [1.165, 1.54) is 11.3 Å². The number of fused-ring (bicyclic) bond motifs is 4. The molecule has 1 fully saturated rings. The third kappa shape index (κ3) is 3.71. The maximum Gasteiger partial charge on any atom is 0.274 e. The van der Waals surface area contributed by atoms with Gasteiger partial charge in [0.05, 0.1) is 12.0 Å². The van der Waals surface area contributed by atoms with Crippen molar-refractivity contribution in [3.8, 4) is 5.75 Å². The molecule has 1 saturated heterocycles. The summed E-state index contributed by atoms with van der Waals surface area (Å²) in [7, 11) is 1.60. The van der Waals surface area contributed by atoms with Gasteiger partial charge in [0.2, 0.25) is 0 Å². The van der Waals surface area contributed by atoms with Crippen LogP contribution in [0.2, 0.25) is 0 Å². The van der Waals surface area contributed by atoms with Crippen LogP contribution in [0.25, 0.3) is 0 Å². The van der Waals surface area contributed by atoms with Crippen molar-refractivity contribution < 1.29 is 14.3 Å². The number of nitrogens with one attached hydrogen (secondary N) is 1. The Hall–Kier alpha value is -3.39. The van der Waals surface area contributed by atoms with Gasteiger partial charge in [0.25, 0.3) is 17.4 Å². The first kappa shape index (κ1) is 20.5. The van der Waals surface area contributed by atoms with Crippen molar-refractivity contribution in [1.82, 2.24) is 9.47 Å². The van der Waals surface area contributed by atoms with E-state index in [4.69, 9.17) is 4.74 Å². The fourth-order valence-electron chi connectivity index (χ4n) is 4.71. The molecular formula is C24H23N3O4S. The van der Waals surface area contributed by atoms with Crippen LogP contribution in [0.1, 0.15) is 38.1 Å². The number of aromatic nitrogens is 1. The van der Waals surface area contributed by atoms with E-state index in [2.05, 4.69) is 5.32 Å². The molecule has 2 aliphatic heterocycles. The number of anilines is 1. The maximum absolute atomic E-state index is 13.1. The first-order valence-corrected chi connectivity index (χ1v) is 11.4. The van der Waals surface area contributed by atoms with Crippen molar-refractivity contribution in [1.29, 1.82) is 0 Å². The van der Waals surface area contributed by atoms with Crippen LogP contribution in [0, 0.1) is 5.92 Å². The molecule has 2 atom stereocenters. The topological polar surface area (TPSA) is 80.6 Å². The van der Waals surface area contributed by atoms with Crippen molar-refractivity contribution in [3.63, 3.8) is 0 Å². The number of benzene rings is 1. The minimum Gasteiger partial charge on any atom is -0.497 e. The number of amides is 2. The van der Waals surface area contributed by atoms with Gasteiger partial charge in [-0.1, -0.05) is 6.07 Å². The second-order valence-corrected chi connectivity index (χ2v) is 9.20. The Kier molecular flexibility index (Phi) is 5.30. The molecule has 32 heavy (non-hydrogen) atoms. The number of likely N-dealkylation sites (tertiary alicyclic amines) is 1. The Morgan fingerprint density at radius 3 is 2.59 bits per heavy atom. The number of thiophene rings is 1. The number of pyridine rings is 1. The number of rotatable bonds is 4. The molecule has 8 heteroatoms. The average Bonchev–Trinajstić information content (AvgIpc) is 3.36. The molecule has 164 valence electrons. The van der Waals surface area contributed by atoms with Gasteiger partial charge in [0, 0.05) is 36.8 Å². The van der Waals surface area contributed by atoms with E-state index in [-0.39, 0.29) is 29.2 Å². The lowest BCUT2D eigenvalue weighted by Gasteiger charge is -2.43. The van der Waals surface area contributed by atoms with Crippen molar-refractivity contribution in [2.45, 2.75) is 18.9 Å². The van der Waals surface area contributed by atoms with E-state index in [9.17, 15) is 14.4 Å². The minimum atomic E-state index is -0.273. The summed E-state index contributed by atoms with van der Waals surface area (Å²) < 4.78 is 6.95. The highest BCUT2D eigenvalue weighted by Crippen LogP contribution is 2.36. The monoisotopic (exact) mass is 449 g/mol. The van der Waals surface area contributed by atoms with Gasteiger partial charge < -0.3 is 19.5 Å². The van der Waals surface area contributed by atoms with Crippen molar-refractivity contribution in [2.75, 3.05) is 25.5 Å². The fraction of sp³-hybridized carbons (Fsp3) is 0.292. The SMILES string of the molecule is COc1ccc(C(=O)N2C[C@H]3C[C@H](C2)c2ccc(NC(=O)c4cccs4)c(=O)n2C3)cc1. The van der Waals surface area contributed by atoms with E-state index in [0.29, 0.717) is 41.5 Å². The number of methoxy groups -OCH3 is 1. The predicted octanol–water partition coefficient (Wildman–Crippen LogP) is 3.43. The molecule has 0 aliphatic carbocycles. The molecule has 0 radical (unpaired) electrons. The second-order valence-electron chi connectivity index (χ2n) is 8.26. The van der Waals surface area contributed by atoms with Crippen LogP contribution in [-0.2, 0) is 6.54 Å². The number of ether oxygens (including phenoxy) is 1. The van der Waals surface area contributed by atoms with E-state index >= 15 is 0 Å². The largest absolute Gasteiger partial charge is 0.497 e. The first-order valence-electron chi connectivity index (χ1n) is 10.6. The Labute approximate surface area is 189 Å². The lowest BCUT2D eigenvalue weighted by molar-refractivity contribution is 0.0594. The van der Waals surface area contributed by atoms with Crippen LogP contribution in [0.5, 0.6) is 5.75 Å². The molecular weight excluding hydrogens is 426 g/mol. The van der Waals surface area contributed by atoms with Crippen LogP contribution >= 0.6 is 11.3 Å². The lowest BCUT2D eigenvalue weighted by atomic mass is 9.83. The second kappa shape index (κ2) is 8.27. The fourth-order valence-corrected chi connectivity index (χ4v) is 5.33. The highest BCUT2D eigenvalue weighted by atomic mass is 32.1. The summed E-state index contributed by atoms with van der Waals surface area (Å²) in [5, 5.41) is 4.58. The van der Waals surface area contributed by atoms with Crippen molar-refractivity contribution in [3.05, 3.63) is 80.4 Å². The van der Waals surface area contributed by atoms with Crippen LogP contribution in [0.3, 0.4) is 0 Å². The van der Waals surface area contributed by atoms with Gasteiger partial charge in [0.1, 0.15) is 11.4 Å². The maximum atomic E-state index is 13.1. The number of carbonyl (C=O) groups excluding carboxylic acids is 2. The molecule has 1 N–H and O–H groups in total. The number of nitrogens with zero attached hydrogens (tertiary/aromatic N) is 2. The third-order valence-corrected chi connectivity index (χ3v) is 7.09. The molecule has 5 rings (SSSR count). The zero-order valence-electron chi connectivity index (χ0n) is 17.6. The van der Waals surface area contributed by atoms with E-state index in [1.54, 1.807) is 54.1 Å². The Morgan fingerprint density at radius 2 is 1.88 bits per heavy atom. The third-order valence-electron chi connectivity index (χ3n) is 6.22. The molecule has 3 aromatic rings. The number of hydrogen-bond donors (Lipinski definition) is 1. The van der Waals surface area contributed by atoms with Gasteiger partial charge in [-0.25, -0.2) is 0 Å². The summed E-state index contributed by atoms with van der Waals surface area (Å²) in [6.45, 7) is 1.72. The molecule has 0 saturated carbocycles. The van der Waals surface area contributed by atoms with Crippen LogP contribution in [0.15, 0.2) is 58.7 Å². The van der Waals surface area contributed by atoms with E-state index in [1.807, 2.05) is 16.3 Å². The highest BCUT2D eigenvalue weighted by Gasteiger charge is 2.37. The van der Waals surface area contributed by atoms with Gasteiger partial charge >= 0.3 is 0 Å². The summed E-state index contributed by atoms with van der Waals surface area (Å²) in [6, 6.07) is 14.3. The summed E-state index contributed by atoms with van der Waals surface area (Å²) in [4.78, 5) is 41.0. The van der Waals surface area contributed by atoms with Crippen LogP contribution in [-0.4, -0.2) is 41.5 Å². The zero-order valence-corrected chi connectivity index (χ0v) is 18.4. The van der Waals surface area contributed by atoms with E-state index < -0.39 is 0 Å². The summed E-state index contributed by atoms with van der Waals surface area (Å²) in [5.41, 5.74) is 1.66. The molecule has 7 nitrogen and oxygen atoms in total. The van der Waals surface area contributed by atoms with E-state index in [0.717, 1.165) is 12.1 Å². The smallest absolute Gasteiger partial charge is 0.274 e. The van der Waals surface area contributed by atoms with Gasteiger partial charge in [0.15, 0.2) is 0 Å². The standard InChI is InChI=1S/C24H23N3O4S/c1-31-18-6-4-16(5-7-18)23(29)26-12-15-11-17(14-26)20-9-8-19(24(30)27(20)13-15)25-22(28)21-3-2-10-32-21/h2-10,15,17H,11-14H2,1H3,(H,25,28)/t15-,17-/m1/s1. The zero-order chi connectivity index (χ0) is 22.2. The number of hydrogen-bond acceptors (Lipinski definition) is 5. The summed E-state index contributed by atoms with van der Waals surface area (Å²) in [6.07, 6.45) is 0.951. The van der Waals surface area contributed by atoms with Crippen LogP contribution < -0.4 is 15.6 Å². The Morgan fingerprint density at radius 1 is 1.06 bits per heavy atom. The van der Waals surface area contributed by atoms with Crippen molar-refractivity contribution >= 4 is 28.8 Å².